The van der Waals surface area contributed by atoms with Crippen molar-refractivity contribution >= 4 is 19.1 Å². The zero-order valence-corrected chi connectivity index (χ0v) is 21.9. The molecule has 0 amide bonds. The molecule has 0 saturated carbocycles. The van der Waals surface area contributed by atoms with Crippen molar-refractivity contribution in [2.24, 2.45) is 5.41 Å². The molecule has 3 aromatic rings. The summed E-state index contributed by atoms with van der Waals surface area (Å²) >= 11 is 0. The Morgan fingerprint density at radius 1 is 1.06 bits per heavy atom. The normalized spacial score (nSPS) is 16.9. The van der Waals surface area contributed by atoms with E-state index in [1.54, 1.807) is 0 Å². The molecule has 6 heteroatoms. The maximum absolute atomic E-state index is 6.54. The molecular weight excluding hydrogens is 426 g/mol. The third-order valence-electron chi connectivity index (χ3n) is 6.80. The molecule has 0 spiro atoms. The van der Waals surface area contributed by atoms with Gasteiger partial charge in [-0.25, -0.2) is 4.98 Å². The maximum atomic E-state index is 6.54. The van der Waals surface area contributed by atoms with E-state index in [9.17, 15) is 0 Å². The van der Waals surface area contributed by atoms with Gasteiger partial charge >= 0.3 is 0 Å². The van der Waals surface area contributed by atoms with Crippen LogP contribution < -0.4 is 4.74 Å². The van der Waals surface area contributed by atoms with E-state index in [0.29, 0.717) is 6.73 Å². The first-order valence-electron chi connectivity index (χ1n) is 12.2. The van der Waals surface area contributed by atoms with Crippen LogP contribution in [0.1, 0.15) is 19.8 Å². The minimum atomic E-state index is -1.12. The van der Waals surface area contributed by atoms with Gasteiger partial charge in [0.1, 0.15) is 18.1 Å². The number of hydrogen-bond acceptors (Lipinski definition) is 4. The topological polar surface area (TPSA) is 39.5 Å². The van der Waals surface area contributed by atoms with E-state index in [1.807, 2.05) is 12.3 Å². The number of piperidine rings is 1. The molecule has 4 rings (SSSR count). The van der Waals surface area contributed by atoms with Crippen molar-refractivity contribution in [3.63, 3.8) is 0 Å². The molecule has 0 bridgehead atoms. The molecule has 0 N–H and O–H groups in total. The van der Waals surface area contributed by atoms with Crippen LogP contribution in [0.25, 0.3) is 22.2 Å². The first-order valence-corrected chi connectivity index (χ1v) is 15.9. The lowest BCUT2D eigenvalue weighted by Gasteiger charge is -2.37. The van der Waals surface area contributed by atoms with Gasteiger partial charge in [-0.15, -0.1) is 0 Å². The van der Waals surface area contributed by atoms with Crippen molar-refractivity contribution in [3.05, 3.63) is 48.8 Å². The molecule has 0 unspecified atom stereocenters. The van der Waals surface area contributed by atoms with Crippen LogP contribution in [0.2, 0.25) is 25.7 Å². The Bertz CT molecular complexity index is 1050. The average molecular weight is 466 g/mol. The number of hydrogen-bond donors (Lipinski definition) is 0. The Labute approximate surface area is 199 Å². The summed E-state index contributed by atoms with van der Waals surface area (Å²) in [4.78, 5) is 7.15. The second-order valence-electron chi connectivity index (χ2n) is 11.1. The van der Waals surface area contributed by atoms with Gasteiger partial charge in [0.05, 0.1) is 12.0 Å². The van der Waals surface area contributed by atoms with Crippen LogP contribution >= 0.6 is 0 Å². The summed E-state index contributed by atoms with van der Waals surface area (Å²) in [6.45, 7) is 13.8. The summed E-state index contributed by atoms with van der Waals surface area (Å²) in [6, 6.07) is 13.7. The first-order chi connectivity index (χ1) is 15.7. The average Bonchev–Trinajstić information content (AvgIpc) is 3.17. The molecule has 5 nitrogen and oxygen atoms in total. The van der Waals surface area contributed by atoms with Gasteiger partial charge in [-0.3, -0.25) is 0 Å². The standard InChI is InChI=1S/C27H39N3O2Si/c1-27(12-15-29(2)16-13-27)20-32-24-11-14-28-26-25(24)23(22-9-7-6-8-10-22)19-30(26)21-31-17-18-33(3,4)5/h6-11,14,19H,12-13,15-18,20-21H2,1-5H3. The van der Waals surface area contributed by atoms with Crippen molar-refractivity contribution in [3.8, 4) is 16.9 Å². The number of rotatable bonds is 9. The summed E-state index contributed by atoms with van der Waals surface area (Å²) < 4.78 is 14.8. The Hall–Kier alpha value is -2.15. The van der Waals surface area contributed by atoms with Crippen molar-refractivity contribution in [1.29, 1.82) is 0 Å². The highest BCUT2D eigenvalue weighted by molar-refractivity contribution is 6.76. The SMILES string of the molecule is CN1CCC(C)(COc2ccnc3c2c(-c2ccccc2)cn3COCC[Si](C)(C)C)CC1. The summed E-state index contributed by atoms with van der Waals surface area (Å²) in [5, 5.41) is 1.08. The number of ether oxygens (including phenoxy) is 2. The largest absolute Gasteiger partial charge is 0.492 e. The number of pyridine rings is 1. The molecular formula is C27H39N3O2Si. The molecule has 0 atom stereocenters. The minimum absolute atomic E-state index is 0.206. The first kappa shape index (κ1) is 24.0. The molecule has 1 fully saturated rings. The van der Waals surface area contributed by atoms with E-state index in [2.05, 4.69) is 79.6 Å². The van der Waals surface area contributed by atoms with E-state index < -0.39 is 8.07 Å². The van der Waals surface area contributed by atoms with Crippen molar-refractivity contribution < 1.29 is 9.47 Å². The second-order valence-corrected chi connectivity index (χ2v) is 16.8. The summed E-state index contributed by atoms with van der Waals surface area (Å²) in [5.41, 5.74) is 3.45. The maximum Gasteiger partial charge on any atom is 0.146 e. The molecule has 3 heterocycles. The van der Waals surface area contributed by atoms with Crippen LogP contribution in [-0.4, -0.2) is 55.9 Å². The van der Waals surface area contributed by atoms with Gasteiger partial charge in [-0.1, -0.05) is 56.9 Å². The number of benzene rings is 1. The molecule has 178 valence electrons. The van der Waals surface area contributed by atoms with Crippen molar-refractivity contribution in [2.75, 3.05) is 33.4 Å². The number of aromatic nitrogens is 2. The van der Waals surface area contributed by atoms with Crippen molar-refractivity contribution in [1.82, 2.24) is 14.5 Å². The van der Waals surface area contributed by atoms with Crippen LogP contribution in [0, 0.1) is 5.41 Å². The molecule has 1 aromatic carbocycles. The Balaban J connectivity index is 1.61. The van der Waals surface area contributed by atoms with E-state index in [4.69, 9.17) is 14.5 Å². The van der Waals surface area contributed by atoms with Gasteiger partial charge in [0, 0.05) is 38.1 Å². The molecule has 1 aliphatic rings. The highest BCUT2D eigenvalue weighted by atomic mass is 28.3. The van der Waals surface area contributed by atoms with E-state index >= 15 is 0 Å². The van der Waals surface area contributed by atoms with Gasteiger partial charge in [0.15, 0.2) is 0 Å². The monoisotopic (exact) mass is 465 g/mol. The van der Waals surface area contributed by atoms with Gasteiger partial charge in [0.2, 0.25) is 0 Å². The number of likely N-dealkylation sites (tertiary alicyclic amines) is 1. The zero-order valence-electron chi connectivity index (χ0n) is 20.9. The Morgan fingerprint density at radius 2 is 1.79 bits per heavy atom. The number of nitrogens with zero attached hydrogens (tertiary/aromatic N) is 3. The fraction of sp³-hybridized carbons (Fsp3) is 0.519. The predicted molar refractivity (Wildman–Crippen MR) is 140 cm³/mol. The third kappa shape index (κ3) is 6.05. The minimum Gasteiger partial charge on any atom is -0.492 e. The van der Waals surface area contributed by atoms with E-state index in [0.717, 1.165) is 67.5 Å². The highest BCUT2D eigenvalue weighted by Gasteiger charge is 2.30. The van der Waals surface area contributed by atoms with Gasteiger partial charge in [0.25, 0.3) is 0 Å². The van der Waals surface area contributed by atoms with Crippen LogP contribution in [-0.2, 0) is 11.5 Å². The molecule has 0 radical (unpaired) electrons. The summed E-state index contributed by atoms with van der Waals surface area (Å²) in [6.07, 6.45) is 6.36. The van der Waals surface area contributed by atoms with Gasteiger partial charge < -0.3 is 18.9 Å². The van der Waals surface area contributed by atoms with Crippen molar-refractivity contribution in [2.45, 2.75) is 52.2 Å². The van der Waals surface area contributed by atoms with Crippen LogP contribution in [0.5, 0.6) is 5.75 Å². The zero-order chi connectivity index (χ0) is 23.5. The quantitative estimate of drug-likeness (QED) is 0.282. The fourth-order valence-electron chi connectivity index (χ4n) is 4.34. The molecule has 33 heavy (non-hydrogen) atoms. The second kappa shape index (κ2) is 10.00. The number of fused-ring (bicyclic) bond motifs is 1. The van der Waals surface area contributed by atoms with Crippen LogP contribution in [0.3, 0.4) is 0 Å². The van der Waals surface area contributed by atoms with E-state index in [-0.39, 0.29) is 5.41 Å². The van der Waals surface area contributed by atoms with Gasteiger partial charge in [-0.2, -0.15) is 0 Å². The molecule has 1 saturated heterocycles. The van der Waals surface area contributed by atoms with Crippen LogP contribution in [0.15, 0.2) is 48.8 Å². The summed E-state index contributed by atoms with van der Waals surface area (Å²) in [5.74, 6) is 0.917. The lowest BCUT2D eigenvalue weighted by Crippen LogP contribution is -2.39. The lowest BCUT2D eigenvalue weighted by molar-refractivity contribution is 0.0810. The molecule has 0 aliphatic carbocycles. The Morgan fingerprint density at radius 3 is 2.48 bits per heavy atom. The predicted octanol–water partition coefficient (Wildman–Crippen LogP) is 6.13. The summed E-state index contributed by atoms with van der Waals surface area (Å²) in [7, 11) is 1.08. The highest BCUT2D eigenvalue weighted by Crippen LogP contribution is 2.38. The van der Waals surface area contributed by atoms with Gasteiger partial charge in [-0.05, 0) is 50.7 Å². The lowest BCUT2D eigenvalue weighted by atomic mass is 9.81. The molecule has 1 aliphatic heterocycles. The van der Waals surface area contributed by atoms with E-state index in [1.165, 1.54) is 5.56 Å². The smallest absolute Gasteiger partial charge is 0.146 e. The fourth-order valence-corrected chi connectivity index (χ4v) is 5.09. The Kier molecular flexibility index (Phi) is 7.27. The third-order valence-corrected chi connectivity index (χ3v) is 8.51. The molecule has 2 aromatic heterocycles. The van der Waals surface area contributed by atoms with Crippen LogP contribution in [0.4, 0.5) is 0 Å².